The van der Waals surface area contributed by atoms with Gasteiger partial charge in [-0.1, -0.05) is 42.4 Å². The molecule has 4 rings (SSSR count). The normalized spacial score (nSPS) is 18.3. The van der Waals surface area contributed by atoms with Gasteiger partial charge in [0, 0.05) is 16.1 Å². The Labute approximate surface area is 175 Å². The van der Waals surface area contributed by atoms with E-state index in [-0.39, 0.29) is 5.91 Å². The summed E-state index contributed by atoms with van der Waals surface area (Å²) >= 11 is 12.0. The predicted molar refractivity (Wildman–Crippen MR) is 116 cm³/mol. The lowest BCUT2D eigenvalue weighted by atomic mass is 9.88. The number of amides is 1. The number of aliphatic imine (C=N–C) groups is 1. The topological polar surface area (TPSA) is 41.9 Å². The summed E-state index contributed by atoms with van der Waals surface area (Å²) < 4.78 is 5.21. The van der Waals surface area contributed by atoms with Crippen molar-refractivity contribution in [1.29, 1.82) is 0 Å². The van der Waals surface area contributed by atoms with Gasteiger partial charge in [0.2, 0.25) is 0 Å². The standard InChI is InChI=1S/C22H21ClN2O2S/c1-27-18-10-8-15(9-11-18)20(26)25-21(28)19(16-6-5-7-17(23)14-16)24-22(25)12-3-2-4-13-22/h5-11,14H,2-4,12-13H2,1H3. The molecule has 2 aromatic rings. The van der Waals surface area contributed by atoms with E-state index in [0.29, 0.717) is 27.0 Å². The lowest BCUT2D eigenvalue weighted by molar-refractivity contribution is 0.0648. The largest absolute Gasteiger partial charge is 0.497 e. The lowest BCUT2D eigenvalue weighted by Gasteiger charge is -2.38. The van der Waals surface area contributed by atoms with Crippen molar-refractivity contribution in [3.05, 3.63) is 64.7 Å². The summed E-state index contributed by atoms with van der Waals surface area (Å²) in [7, 11) is 1.61. The fourth-order valence-corrected chi connectivity index (χ4v) is 4.63. The zero-order valence-corrected chi connectivity index (χ0v) is 17.2. The molecule has 2 aliphatic rings. The van der Waals surface area contributed by atoms with E-state index in [4.69, 9.17) is 33.5 Å². The Morgan fingerprint density at radius 2 is 1.86 bits per heavy atom. The third kappa shape index (κ3) is 3.33. The fraction of sp³-hybridized carbons (Fsp3) is 0.318. The maximum absolute atomic E-state index is 13.5. The molecule has 6 heteroatoms. The van der Waals surface area contributed by atoms with Crippen LogP contribution in [0.3, 0.4) is 0 Å². The highest BCUT2D eigenvalue weighted by Crippen LogP contribution is 2.41. The average molecular weight is 413 g/mol. The fourth-order valence-electron chi connectivity index (χ4n) is 4.02. The predicted octanol–water partition coefficient (Wildman–Crippen LogP) is 5.28. The van der Waals surface area contributed by atoms with Gasteiger partial charge in [0.05, 0.1) is 7.11 Å². The molecule has 144 valence electrons. The van der Waals surface area contributed by atoms with Gasteiger partial charge in [-0.3, -0.25) is 14.7 Å². The van der Waals surface area contributed by atoms with Gasteiger partial charge in [-0.2, -0.15) is 0 Å². The maximum Gasteiger partial charge on any atom is 0.260 e. The first-order valence-electron chi connectivity index (χ1n) is 9.43. The Bertz CT molecular complexity index is 949. The van der Waals surface area contributed by atoms with E-state index in [1.54, 1.807) is 36.3 Å². The van der Waals surface area contributed by atoms with Crippen LogP contribution in [-0.2, 0) is 0 Å². The quantitative estimate of drug-likeness (QED) is 0.644. The van der Waals surface area contributed by atoms with Crippen LogP contribution in [0.5, 0.6) is 5.75 Å². The Morgan fingerprint density at radius 3 is 2.50 bits per heavy atom. The molecule has 1 saturated carbocycles. The summed E-state index contributed by atoms with van der Waals surface area (Å²) in [5.41, 5.74) is 1.52. The number of methoxy groups -OCH3 is 1. The summed E-state index contributed by atoms with van der Waals surface area (Å²) in [5.74, 6) is 0.596. The highest BCUT2D eigenvalue weighted by atomic mass is 35.5. The van der Waals surface area contributed by atoms with Crippen LogP contribution in [-0.4, -0.2) is 34.3 Å². The van der Waals surface area contributed by atoms with Crippen LogP contribution in [0.4, 0.5) is 0 Å². The Balaban J connectivity index is 1.75. The number of carbonyl (C=O) groups excluding carboxylic acids is 1. The maximum atomic E-state index is 13.5. The third-order valence-electron chi connectivity index (χ3n) is 5.43. The van der Waals surface area contributed by atoms with Crippen molar-refractivity contribution in [2.24, 2.45) is 4.99 Å². The minimum Gasteiger partial charge on any atom is -0.497 e. The number of halogens is 1. The molecule has 1 amide bonds. The van der Waals surface area contributed by atoms with Crippen LogP contribution in [0.15, 0.2) is 53.5 Å². The number of hydrogen-bond donors (Lipinski definition) is 0. The van der Waals surface area contributed by atoms with Gasteiger partial charge < -0.3 is 4.74 Å². The number of ether oxygens (including phenoxy) is 1. The van der Waals surface area contributed by atoms with Gasteiger partial charge >= 0.3 is 0 Å². The highest BCUT2D eigenvalue weighted by molar-refractivity contribution is 7.82. The number of nitrogens with zero attached hydrogens (tertiary/aromatic N) is 2. The van der Waals surface area contributed by atoms with Crippen molar-refractivity contribution >= 4 is 40.4 Å². The monoisotopic (exact) mass is 412 g/mol. The molecule has 1 fully saturated rings. The van der Waals surface area contributed by atoms with Crippen LogP contribution in [0.1, 0.15) is 48.0 Å². The van der Waals surface area contributed by atoms with Gasteiger partial charge in [0.1, 0.15) is 22.1 Å². The summed E-state index contributed by atoms with van der Waals surface area (Å²) in [6.07, 6.45) is 4.85. The molecular weight excluding hydrogens is 392 g/mol. The number of carbonyl (C=O) groups is 1. The van der Waals surface area contributed by atoms with Crippen LogP contribution < -0.4 is 4.74 Å². The van der Waals surface area contributed by atoms with E-state index >= 15 is 0 Å². The first-order chi connectivity index (χ1) is 13.5. The Hall–Kier alpha value is -2.24. The first kappa shape index (κ1) is 19.1. The van der Waals surface area contributed by atoms with Gasteiger partial charge in [-0.15, -0.1) is 0 Å². The molecule has 0 aromatic heterocycles. The Kier molecular flexibility index (Phi) is 5.21. The molecule has 1 aliphatic heterocycles. The molecule has 1 spiro atoms. The first-order valence-corrected chi connectivity index (χ1v) is 10.2. The van der Waals surface area contributed by atoms with Crippen LogP contribution in [0.25, 0.3) is 0 Å². The second-order valence-corrected chi connectivity index (χ2v) is 8.01. The minimum atomic E-state index is -0.593. The lowest BCUT2D eigenvalue weighted by Crippen LogP contribution is -2.50. The van der Waals surface area contributed by atoms with Crippen molar-refractivity contribution in [3.63, 3.8) is 0 Å². The molecular formula is C22H21ClN2O2S. The summed E-state index contributed by atoms with van der Waals surface area (Å²) in [6, 6.07) is 14.6. The smallest absolute Gasteiger partial charge is 0.260 e. The molecule has 0 atom stereocenters. The molecule has 2 aromatic carbocycles. The molecule has 4 nitrogen and oxygen atoms in total. The zero-order valence-electron chi connectivity index (χ0n) is 15.7. The van der Waals surface area contributed by atoms with Crippen LogP contribution in [0.2, 0.25) is 5.02 Å². The van der Waals surface area contributed by atoms with Crippen molar-refractivity contribution in [2.75, 3.05) is 7.11 Å². The number of thiocarbonyl (C=S) groups is 1. The summed E-state index contributed by atoms with van der Waals surface area (Å²) in [6.45, 7) is 0. The molecule has 0 bridgehead atoms. The zero-order chi connectivity index (χ0) is 19.7. The van der Waals surface area contributed by atoms with E-state index in [9.17, 15) is 4.79 Å². The van der Waals surface area contributed by atoms with Crippen molar-refractivity contribution in [2.45, 2.75) is 37.8 Å². The number of hydrogen-bond acceptors (Lipinski definition) is 4. The molecule has 1 heterocycles. The minimum absolute atomic E-state index is 0.115. The van der Waals surface area contributed by atoms with Gasteiger partial charge in [0.25, 0.3) is 5.91 Å². The SMILES string of the molecule is COc1ccc(C(=O)N2C(=S)C(c3cccc(Cl)c3)=NC23CCCCC3)cc1. The Morgan fingerprint density at radius 1 is 1.14 bits per heavy atom. The third-order valence-corrected chi connectivity index (χ3v) is 6.05. The molecule has 0 saturated heterocycles. The number of benzene rings is 2. The van der Waals surface area contributed by atoms with E-state index in [2.05, 4.69) is 0 Å². The second-order valence-electron chi connectivity index (χ2n) is 7.19. The average Bonchev–Trinajstić information content (AvgIpc) is 2.99. The molecule has 0 unspecified atom stereocenters. The summed E-state index contributed by atoms with van der Waals surface area (Å²) in [5, 5.41) is 0.626. The second kappa shape index (κ2) is 7.64. The van der Waals surface area contributed by atoms with E-state index < -0.39 is 5.66 Å². The summed E-state index contributed by atoms with van der Waals surface area (Å²) in [4.78, 5) is 20.7. The molecule has 28 heavy (non-hydrogen) atoms. The molecule has 1 aliphatic carbocycles. The van der Waals surface area contributed by atoms with E-state index in [1.165, 1.54) is 0 Å². The molecule has 0 N–H and O–H groups in total. The number of rotatable bonds is 3. The molecule has 0 radical (unpaired) electrons. The van der Waals surface area contributed by atoms with Gasteiger partial charge in [0.15, 0.2) is 0 Å². The van der Waals surface area contributed by atoms with Crippen LogP contribution >= 0.6 is 23.8 Å². The van der Waals surface area contributed by atoms with Crippen LogP contribution in [0, 0.1) is 0 Å². The van der Waals surface area contributed by atoms with Gasteiger partial charge in [-0.25, -0.2) is 0 Å². The van der Waals surface area contributed by atoms with Crippen molar-refractivity contribution in [1.82, 2.24) is 4.90 Å². The van der Waals surface area contributed by atoms with E-state index in [0.717, 1.165) is 37.7 Å². The van der Waals surface area contributed by atoms with Gasteiger partial charge in [-0.05, 0) is 62.1 Å². The van der Waals surface area contributed by atoms with E-state index in [1.807, 2.05) is 24.3 Å². The highest BCUT2D eigenvalue weighted by Gasteiger charge is 2.48. The van der Waals surface area contributed by atoms with Crippen molar-refractivity contribution < 1.29 is 9.53 Å². The van der Waals surface area contributed by atoms with Crippen molar-refractivity contribution in [3.8, 4) is 5.75 Å².